The number of carbonyl (C=O) groups excluding carboxylic acids is 1. The number of hydrogen-bond donors (Lipinski definition) is 1. The number of amides is 1. The number of carbonyl (C=O) groups is 1. The minimum absolute atomic E-state index is 0.256. The van der Waals surface area contributed by atoms with Gasteiger partial charge in [0.15, 0.2) is 10.9 Å². The number of nitrogens with one attached hydrogen (secondary N) is 1. The molecule has 0 aliphatic heterocycles. The fourth-order valence-corrected chi connectivity index (χ4v) is 3.85. The molecule has 0 aliphatic carbocycles. The van der Waals surface area contributed by atoms with E-state index in [2.05, 4.69) is 22.1 Å². The molecule has 4 aromatic rings. The van der Waals surface area contributed by atoms with Crippen LogP contribution in [-0.4, -0.2) is 20.7 Å². The van der Waals surface area contributed by atoms with E-state index in [1.54, 1.807) is 24.5 Å². The molecule has 1 N–H and O–H groups in total. The molecule has 31 heavy (non-hydrogen) atoms. The van der Waals surface area contributed by atoms with E-state index < -0.39 is 0 Å². The first-order valence-corrected chi connectivity index (χ1v) is 10.5. The van der Waals surface area contributed by atoms with Gasteiger partial charge in [-0.2, -0.15) is 0 Å². The van der Waals surface area contributed by atoms with E-state index in [9.17, 15) is 9.18 Å². The topological polar surface area (TPSA) is 73.0 Å². The van der Waals surface area contributed by atoms with Crippen LogP contribution in [0.1, 0.15) is 15.9 Å². The van der Waals surface area contributed by atoms with E-state index >= 15 is 0 Å². The summed E-state index contributed by atoms with van der Waals surface area (Å²) in [5, 5.41) is 12.0. The quantitative estimate of drug-likeness (QED) is 0.297. The van der Waals surface area contributed by atoms with Gasteiger partial charge in [-0.3, -0.25) is 9.36 Å². The lowest BCUT2D eigenvalue weighted by Crippen LogP contribution is -2.12. The number of hydrogen-bond acceptors (Lipinski definition) is 5. The van der Waals surface area contributed by atoms with Gasteiger partial charge in [0.25, 0.3) is 5.91 Å². The molecule has 156 valence electrons. The lowest BCUT2D eigenvalue weighted by atomic mass is 10.1. The first kappa shape index (κ1) is 20.6. The molecule has 0 spiro atoms. The monoisotopic (exact) mass is 434 g/mol. The van der Waals surface area contributed by atoms with Crippen LogP contribution in [0.4, 0.5) is 10.1 Å². The maximum Gasteiger partial charge on any atom is 0.255 e. The van der Waals surface area contributed by atoms with Crippen LogP contribution in [0.3, 0.4) is 0 Å². The molecule has 0 atom stereocenters. The lowest BCUT2D eigenvalue weighted by Gasteiger charge is -2.08. The molecular formula is C23H19FN4O2S. The van der Waals surface area contributed by atoms with Crippen LogP contribution < -0.4 is 5.32 Å². The predicted octanol–water partition coefficient (Wildman–Crippen LogP) is 5.41. The van der Waals surface area contributed by atoms with Crippen molar-refractivity contribution in [2.75, 3.05) is 5.32 Å². The molecule has 0 unspecified atom stereocenters. The zero-order valence-electron chi connectivity index (χ0n) is 16.5. The highest BCUT2D eigenvalue weighted by molar-refractivity contribution is 7.98. The molecule has 0 aliphatic rings. The Bertz CT molecular complexity index is 1190. The molecule has 4 rings (SSSR count). The maximum absolute atomic E-state index is 13.0. The molecule has 0 fully saturated rings. The summed E-state index contributed by atoms with van der Waals surface area (Å²) in [6.45, 7) is 4.35. The van der Waals surface area contributed by atoms with Crippen LogP contribution in [0.2, 0.25) is 0 Å². The van der Waals surface area contributed by atoms with Gasteiger partial charge in [-0.1, -0.05) is 30.0 Å². The van der Waals surface area contributed by atoms with Crippen molar-refractivity contribution >= 4 is 23.4 Å². The van der Waals surface area contributed by atoms with Crippen molar-refractivity contribution in [1.82, 2.24) is 14.8 Å². The number of benzene rings is 2. The van der Waals surface area contributed by atoms with E-state index in [0.717, 1.165) is 10.7 Å². The molecule has 2 heterocycles. The van der Waals surface area contributed by atoms with Gasteiger partial charge >= 0.3 is 0 Å². The Kier molecular flexibility index (Phi) is 6.28. The minimum atomic E-state index is -0.350. The highest BCUT2D eigenvalue weighted by atomic mass is 32.2. The van der Waals surface area contributed by atoms with Crippen molar-refractivity contribution in [2.24, 2.45) is 0 Å². The van der Waals surface area contributed by atoms with Crippen molar-refractivity contribution in [3.63, 3.8) is 0 Å². The lowest BCUT2D eigenvalue weighted by molar-refractivity contribution is 0.102. The Hall–Kier alpha value is -3.65. The van der Waals surface area contributed by atoms with Gasteiger partial charge < -0.3 is 9.73 Å². The zero-order chi connectivity index (χ0) is 21.6. The largest absolute Gasteiger partial charge is 0.461 e. The maximum atomic E-state index is 13.0. The van der Waals surface area contributed by atoms with Crippen LogP contribution in [0.25, 0.3) is 11.6 Å². The molecule has 0 radical (unpaired) electrons. The molecule has 0 saturated carbocycles. The van der Waals surface area contributed by atoms with Gasteiger partial charge in [-0.15, -0.1) is 16.8 Å². The first-order chi connectivity index (χ1) is 15.1. The number of anilines is 1. The molecule has 2 aromatic heterocycles. The van der Waals surface area contributed by atoms with Crippen LogP contribution in [0, 0.1) is 5.82 Å². The van der Waals surface area contributed by atoms with Crippen molar-refractivity contribution in [2.45, 2.75) is 17.5 Å². The van der Waals surface area contributed by atoms with E-state index in [4.69, 9.17) is 4.42 Å². The molecule has 2 aromatic carbocycles. The van der Waals surface area contributed by atoms with Crippen molar-refractivity contribution in [1.29, 1.82) is 0 Å². The Morgan fingerprint density at radius 2 is 2.00 bits per heavy atom. The summed E-state index contributed by atoms with van der Waals surface area (Å²) in [6, 6.07) is 16.6. The molecule has 8 heteroatoms. The Labute approximate surface area is 182 Å². The van der Waals surface area contributed by atoms with Crippen LogP contribution >= 0.6 is 11.8 Å². The van der Waals surface area contributed by atoms with Crippen LogP contribution in [0.5, 0.6) is 0 Å². The average molecular weight is 434 g/mol. The van der Waals surface area contributed by atoms with E-state index in [1.807, 2.05) is 28.8 Å². The third kappa shape index (κ3) is 4.92. The van der Waals surface area contributed by atoms with Crippen molar-refractivity contribution in [3.8, 4) is 11.6 Å². The summed E-state index contributed by atoms with van der Waals surface area (Å²) in [6.07, 6.45) is 3.37. The highest BCUT2D eigenvalue weighted by Crippen LogP contribution is 2.27. The predicted molar refractivity (Wildman–Crippen MR) is 118 cm³/mol. The molecule has 1 amide bonds. The fraction of sp³-hybridized carbons (Fsp3) is 0.0870. The normalized spacial score (nSPS) is 10.7. The third-order valence-corrected chi connectivity index (χ3v) is 5.47. The highest BCUT2D eigenvalue weighted by Gasteiger charge is 2.16. The van der Waals surface area contributed by atoms with Crippen molar-refractivity contribution in [3.05, 3.63) is 96.5 Å². The summed E-state index contributed by atoms with van der Waals surface area (Å²) in [7, 11) is 0. The number of aromatic nitrogens is 3. The van der Waals surface area contributed by atoms with Gasteiger partial charge in [-0.25, -0.2) is 4.39 Å². The standard InChI is InChI=1S/C23H19FN4O2S/c1-2-12-28-21(20-7-4-13-30-20)26-27-23(28)31-15-16-5-3-6-17(14-16)22(29)25-19-10-8-18(24)9-11-19/h2-11,13-14H,1,12,15H2,(H,25,29). The molecule has 0 bridgehead atoms. The van der Waals surface area contributed by atoms with E-state index in [1.165, 1.54) is 36.0 Å². The number of rotatable bonds is 8. The van der Waals surface area contributed by atoms with Gasteiger partial charge in [0.1, 0.15) is 5.82 Å². The Morgan fingerprint density at radius 1 is 1.16 bits per heavy atom. The van der Waals surface area contributed by atoms with E-state index in [0.29, 0.717) is 35.1 Å². The van der Waals surface area contributed by atoms with Crippen LogP contribution in [0.15, 0.2) is 89.2 Å². The summed E-state index contributed by atoms with van der Waals surface area (Å²) in [5.41, 5.74) is 2.02. The molecule has 6 nitrogen and oxygen atoms in total. The number of furan rings is 1. The van der Waals surface area contributed by atoms with Crippen LogP contribution in [-0.2, 0) is 12.3 Å². The number of allylic oxidation sites excluding steroid dienone is 1. The number of halogens is 1. The fourth-order valence-electron chi connectivity index (χ4n) is 2.96. The zero-order valence-corrected chi connectivity index (χ0v) is 17.3. The Balaban J connectivity index is 1.46. The van der Waals surface area contributed by atoms with Gasteiger partial charge in [0.05, 0.1) is 6.26 Å². The van der Waals surface area contributed by atoms with Crippen molar-refractivity contribution < 1.29 is 13.6 Å². The minimum Gasteiger partial charge on any atom is -0.461 e. The SMILES string of the molecule is C=CCn1c(SCc2cccc(C(=O)Nc3ccc(F)cc3)c2)nnc1-c1ccco1. The van der Waals surface area contributed by atoms with Gasteiger partial charge in [0, 0.05) is 23.5 Å². The average Bonchev–Trinajstić information content (AvgIpc) is 3.44. The van der Waals surface area contributed by atoms with Gasteiger partial charge in [-0.05, 0) is 54.1 Å². The van der Waals surface area contributed by atoms with Gasteiger partial charge in [0.2, 0.25) is 5.82 Å². The molecular weight excluding hydrogens is 415 g/mol. The molecule has 0 saturated heterocycles. The second-order valence-corrected chi connectivity index (χ2v) is 7.58. The summed E-state index contributed by atoms with van der Waals surface area (Å²) >= 11 is 1.51. The Morgan fingerprint density at radius 3 is 2.74 bits per heavy atom. The summed E-state index contributed by atoms with van der Waals surface area (Å²) in [5.74, 6) is 1.27. The smallest absolute Gasteiger partial charge is 0.255 e. The first-order valence-electron chi connectivity index (χ1n) is 9.50. The number of thioether (sulfide) groups is 1. The second kappa shape index (κ2) is 9.44. The second-order valence-electron chi connectivity index (χ2n) is 6.63. The van der Waals surface area contributed by atoms with E-state index in [-0.39, 0.29) is 11.7 Å². The number of nitrogens with zero attached hydrogens (tertiary/aromatic N) is 3. The third-order valence-electron chi connectivity index (χ3n) is 4.43. The summed E-state index contributed by atoms with van der Waals surface area (Å²) in [4.78, 5) is 12.5. The summed E-state index contributed by atoms with van der Waals surface area (Å²) < 4.78 is 20.4.